The Kier molecular flexibility index (Phi) is 5.21. The monoisotopic (exact) mass is 321 g/mol. The van der Waals surface area contributed by atoms with Crippen molar-refractivity contribution in [3.05, 3.63) is 41.8 Å². The van der Waals surface area contributed by atoms with E-state index in [0.29, 0.717) is 36.4 Å². The van der Waals surface area contributed by atoms with E-state index in [1.165, 1.54) is 0 Å². The summed E-state index contributed by atoms with van der Waals surface area (Å²) in [6.45, 7) is 3.87. The number of nitrogens with two attached hydrogens (primary N) is 1. The molecule has 118 valence electrons. The van der Waals surface area contributed by atoms with Gasteiger partial charge in [0.05, 0.1) is 5.69 Å². The maximum absolute atomic E-state index is 12.5. The minimum absolute atomic E-state index is 0. The van der Waals surface area contributed by atoms with E-state index in [4.69, 9.17) is 10.2 Å². The molecule has 1 aliphatic heterocycles. The molecule has 22 heavy (non-hydrogen) atoms. The molecule has 5 nitrogen and oxygen atoms in total. The lowest BCUT2D eigenvalue weighted by Gasteiger charge is -2.14. The summed E-state index contributed by atoms with van der Waals surface area (Å²) in [5, 5.41) is 0. The second-order valence-corrected chi connectivity index (χ2v) is 5.44. The third-order valence-electron chi connectivity index (χ3n) is 3.92. The van der Waals surface area contributed by atoms with Crippen LogP contribution in [0.15, 0.2) is 34.7 Å². The Hall–Kier alpha value is -1.85. The molecule has 1 unspecified atom stereocenters. The highest BCUT2D eigenvalue weighted by molar-refractivity contribution is 5.93. The van der Waals surface area contributed by atoms with Gasteiger partial charge in [0.2, 0.25) is 11.7 Å². The number of amides is 1. The number of carbonyl (C=O) groups is 1. The van der Waals surface area contributed by atoms with Gasteiger partial charge in [-0.15, -0.1) is 12.4 Å². The lowest BCUT2D eigenvalue weighted by atomic mass is 10.1. The number of hydrogen-bond donors (Lipinski definition) is 1. The number of oxazole rings is 1. The van der Waals surface area contributed by atoms with Crippen LogP contribution < -0.4 is 5.73 Å². The fourth-order valence-corrected chi connectivity index (χ4v) is 2.65. The third-order valence-corrected chi connectivity index (χ3v) is 3.92. The molecule has 6 heteroatoms. The predicted octanol–water partition coefficient (Wildman–Crippen LogP) is 2.49. The molecular formula is C16H20ClN3O2. The summed E-state index contributed by atoms with van der Waals surface area (Å²) in [7, 11) is 0. The first kappa shape index (κ1) is 16.5. The molecule has 2 aromatic rings. The van der Waals surface area contributed by atoms with E-state index in [2.05, 4.69) is 4.98 Å². The fraction of sp³-hybridized carbons (Fsp3) is 0.375. The van der Waals surface area contributed by atoms with E-state index < -0.39 is 0 Å². The normalized spacial score (nSPS) is 17.4. The Morgan fingerprint density at radius 1 is 1.41 bits per heavy atom. The van der Waals surface area contributed by atoms with Crippen molar-refractivity contribution in [3.63, 3.8) is 0 Å². The maximum Gasteiger partial charge on any atom is 0.291 e. The molecule has 1 fully saturated rings. The Labute approximate surface area is 135 Å². The average Bonchev–Trinajstić information content (AvgIpc) is 3.14. The molecule has 1 aliphatic rings. The summed E-state index contributed by atoms with van der Waals surface area (Å²) in [6.07, 6.45) is 0.959. The zero-order valence-electron chi connectivity index (χ0n) is 12.5. The van der Waals surface area contributed by atoms with E-state index in [9.17, 15) is 4.79 Å². The minimum atomic E-state index is -0.0851. The number of rotatable bonds is 3. The van der Waals surface area contributed by atoms with Crippen molar-refractivity contribution in [1.29, 1.82) is 0 Å². The van der Waals surface area contributed by atoms with Gasteiger partial charge in [-0.05, 0) is 37.9 Å². The molecular weight excluding hydrogens is 302 g/mol. The van der Waals surface area contributed by atoms with Crippen molar-refractivity contribution >= 4 is 18.3 Å². The number of benzene rings is 1. The standard InChI is InChI=1S/C16H19N3O2.ClH/c1-11-14(16(20)19-8-7-12(9-17)10-19)21-15(18-11)13-5-3-2-4-6-13;/h2-6,12H,7-10,17H2,1H3;1H. The lowest BCUT2D eigenvalue weighted by Crippen LogP contribution is -2.30. The average molecular weight is 322 g/mol. The smallest absolute Gasteiger partial charge is 0.291 e. The molecule has 0 saturated carbocycles. The SMILES string of the molecule is Cc1nc(-c2ccccc2)oc1C(=O)N1CCC(CN)C1.Cl. The van der Waals surface area contributed by atoms with E-state index in [1.807, 2.05) is 30.3 Å². The Morgan fingerprint density at radius 3 is 2.77 bits per heavy atom. The zero-order valence-corrected chi connectivity index (χ0v) is 13.3. The molecule has 2 heterocycles. The third kappa shape index (κ3) is 3.15. The van der Waals surface area contributed by atoms with E-state index in [0.717, 1.165) is 18.5 Å². The van der Waals surface area contributed by atoms with Crippen LogP contribution in [0, 0.1) is 12.8 Å². The van der Waals surface area contributed by atoms with Gasteiger partial charge < -0.3 is 15.1 Å². The second kappa shape index (κ2) is 6.94. The number of halogens is 1. The van der Waals surface area contributed by atoms with Gasteiger partial charge in [0.15, 0.2) is 0 Å². The molecule has 0 spiro atoms. The van der Waals surface area contributed by atoms with Crippen LogP contribution in [0.1, 0.15) is 22.7 Å². The maximum atomic E-state index is 12.5. The van der Waals surface area contributed by atoms with Crippen LogP contribution in [0.3, 0.4) is 0 Å². The summed E-state index contributed by atoms with van der Waals surface area (Å²) in [5.74, 6) is 1.14. The summed E-state index contributed by atoms with van der Waals surface area (Å²) in [5.41, 5.74) is 7.18. The number of nitrogens with zero attached hydrogens (tertiary/aromatic N) is 2. The van der Waals surface area contributed by atoms with Crippen LogP contribution >= 0.6 is 12.4 Å². The summed E-state index contributed by atoms with van der Waals surface area (Å²) >= 11 is 0. The zero-order chi connectivity index (χ0) is 14.8. The largest absolute Gasteiger partial charge is 0.431 e. The van der Waals surface area contributed by atoms with Gasteiger partial charge in [0, 0.05) is 18.7 Å². The number of carbonyl (C=O) groups excluding carboxylic acids is 1. The topological polar surface area (TPSA) is 72.4 Å². The van der Waals surface area contributed by atoms with Crippen LogP contribution in [0.2, 0.25) is 0 Å². The molecule has 1 atom stereocenters. The van der Waals surface area contributed by atoms with E-state index >= 15 is 0 Å². The predicted molar refractivity (Wildman–Crippen MR) is 87.0 cm³/mol. The van der Waals surface area contributed by atoms with Crippen molar-refractivity contribution in [2.24, 2.45) is 11.7 Å². The number of aromatic nitrogens is 1. The van der Waals surface area contributed by atoms with Crippen molar-refractivity contribution < 1.29 is 9.21 Å². The van der Waals surface area contributed by atoms with Crippen molar-refractivity contribution in [2.75, 3.05) is 19.6 Å². The lowest BCUT2D eigenvalue weighted by molar-refractivity contribution is 0.0756. The first-order valence-electron chi connectivity index (χ1n) is 7.21. The van der Waals surface area contributed by atoms with Gasteiger partial charge in [0.25, 0.3) is 5.91 Å². The quantitative estimate of drug-likeness (QED) is 0.942. The Morgan fingerprint density at radius 2 is 2.14 bits per heavy atom. The fourth-order valence-electron chi connectivity index (χ4n) is 2.65. The second-order valence-electron chi connectivity index (χ2n) is 5.44. The molecule has 3 rings (SSSR count). The van der Waals surface area contributed by atoms with Crippen molar-refractivity contribution in [1.82, 2.24) is 9.88 Å². The van der Waals surface area contributed by atoms with Crippen LogP contribution in [0.25, 0.3) is 11.5 Å². The Bertz CT molecular complexity index is 642. The molecule has 1 amide bonds. The highest BCUT2D eigenvalue weighted by Gasteiger charge is 2.29. The molecule has 0 aliphatic carbocycles. The number of aryl methyl sites for hydroxylation is 1. The van der Waals surface area contributed by atoms with E-state index in [-0.39, 0.29) is 18.3 Å². The van der Waals surface area contributed by atoms with Gasteiger partial charge in [-0.25, -0.2) is 4.98 Å². The highest BCUT2D eigenvalue weighted by Crippen LogP contribution is 2.24. The summed E-state index contributed by atoms with van der Waals surface area (Å²) in [6, 6.07) is 9.60. The minimum Gasteiger partial charge on any atom is -0.431 e. The van der Waals surface area contributed by atoms with Crippen LogP contribution in [0.4, 0.5) is 0 Å². The van der Waals surface area contributed by atoms with Crippen LogP contribution in [0.5, 0.6) is 0 Å². The first-order valence-corrected chi connectivity index (χ1v) is 7.21. The number of likely N-dealkylation sites (tertiary alicyclic amines) is 1. The van der Waals surface area contributed by atoms with Gasteiger partial charge in [0.1, 0.15) is 0 Å². The van der Waals surface area contributed by atoms with Gasteiger partial charge in [-0.3, -0.25) is 4.79 Å². The van der Waals surface area contributed by atoms with Crippen LogP contribution in [-0.4, -0.2) is 35.4 Å². The van der Waals surface area contributed by atoms with Crippen LogP contribution in [-0.2, 0) is 0 Å². The van der Waals surface area contributed by atoms with Gasteiger partial charge in [-0.2, -0.15) is 0 Å². The van der Waals surface area contributed by atoms with Crippen molar-refractivity contribution in [3.8, 4) is 11.5 Å². The number of hydrogen-bond acceptors (Lipinski definition) is 4. The molecule has 0 bridgehead atoms. The highest BCUT2D eigenvalue weighted by atomic mass is 35.5. The van der Waals surface area contributed by atoms with Gasteiger partial charge >= 0.3 is 0 Å². The van der Waals surface area contributed by atoms with E-state index in [1.54, 1.807) is 11.8 Å². The summed E-state index contributed by atoms with van der Waals surface area (Å²) < 4.78 is 5.71. The first-order chi connectivity index (χ1) is 10.2. The van der Waals surface area contributed by atoms with Crippen molar-refractivity contribution in [2.45, 2.75) is 13.3 Å². The molecule has 1 aromatic carbocycles. The summed E-state index contributed by atoms with van der Waals surface area (Å²) in [4.78, 5) is 18.7. The van der Waals surface area contributed by atoms with Gasteiger partial charge in [-0.1, -0.05) is 18.2 Å². The Balaban J connectivity index is 0.00000176. The molecule has 0 radical (unpaired) electrons. The molecule has 1 aromatic heterocycles. The molecule has 1 saturated heterocycles. The molecule has 2 N–H and O–H groups in total.